The van der Waals surface area contributed by atoms with Gasteiger partial charge in [-0.1, -0.05) is 18.2 Å². The Balaban J connectivity index is 1.70. The highest BCUT2D eigenvalue weighted by Crippen LogP contribution is 2.42. The molecule has 2 bridgehead atoms. The molecule has 3 aliphatic rings. The molecule has 25 heavy (non-hydrogen) atoms. The lowest BCUT2D eigenvalue weighted by Gasteiger charge is -2.25. The van der Waals surface area contributed by atoms with E-state index in [0.29, 0.717) is 36.2 Å². The van der Waals surface area contributed by atoms with Crippen molar-refractivity contribution in [2.45, 2.75) is 6.04 Å². The highest BCUT2D eigenvalue weighted by molar-refractivity contribution is 6.22. The van der Waals surface area contributed by atoms with Crippen LogP contribution in [0.15, 0.2) is 36.4 Å². The molecule has 2 unspecified atom stereocenters. The van der Waals surface area contributed by atoms with Gasteiger partial charge in [0, 0.05) is 11.5 Å². The molecule has 0 saturated carbocycles. The Bertz CT molecular complexity index is 974. The van der Waals surface area contributed by atoms with Crippen LogP contribution in [0.2, 0.25) is 0 Å². The van der Waals surface area contributed by atoms with Crippen molar-refractivity contribution in [3.63, 3.8) is 0 Å². The normalized spacial score (nSPS) is 30.3. The van der Waals surface area contributed by atoms with E-state index < -0.39 is 0 Å². The second-order valence-electron chi connectivity index (χ2n) is 6.87. The molecule has 0 aliphatic carbocycles. The van der Waals surface area contributed by atoms with Gasteiger partial charge in [0.15, 0.2) is 6.04 Å². The number of hydrogen-bond donors (Lipinski definition) is 1. The first-order valence-corrected chi connectivity index (χ1v) is 8.18. The molecule has 3 aliphatic heterocycles. The number of carbonyl (C=O) groups excluding carboxylic acids is 2. The second-order valence-corrected chi connectivity index (χ2v) is 6.87. The summed E-state index contributed by atoms with van der Waals surface area (Å²) in [7, 11) is 0. The van der Waals surface area contributed by atoms with Crippen LogP contribution in [0.3, 0.4) is 0 Å². The summed E-state index contributed by atoms with van der Waals surface area (Å²) in [6, 6.07) is 9.41. The monoisotopic (exact) mass is 340 g/mol. The summed E-state index contributed by atoms with van der Waals surface area (Å²) in [5.41, 5.74) is 0.551. The van der Waals surface area contributed by atoms with Crippen LogP contribution < -0.4 is 4.90 Å². The average molecular weight is 340 g/mol. The standard InChI is InChI=1S/C17H16N4O4/c22-16-15-9-18-7-8-21(15,10-18)17(23)19(16)13-5-6-14(20(24)25)12-4-2-1-3-11(12)13/h1-6,15H,7-10H2,(H,24,25)/q+2. The molecule has 3 atom stereocenters. The van der Waals surface area contributed by atoms with Gasteiger partial charge in [-0.25, -0.2) is 19.4 Å². The van der Waals surface area contributed by atoms with Crippen LogP contribution in [0.5, 0.6) is 0 Å². The number of fused-ring (bicyclic) bond motifs is 2. The first-order valence-electron chi connectivity index (χ1n) is 8.18. The van der Waals surface area contributed by atoms with Crippen molar-refractivity contribution in [3.05, 3.63) is 41.3 Å². The van der Waals surface area contributed by atoms with Gasteiger partial charge in [0.25, 0.3) is 10.8 Å². The van der Waals surface area contributed by atoms with Crippen LogP contribution in [-0.2, 0) is 4.79 Å². The third-order valence-corrected chi connectivity index (χ3v) is 5.70. The Kier molecular flexibility index (Phi) is 2.68. The van der Waals surface area contributed by atoms with Gasteiger partial charge >= 0.3 is 11.7 Å². The molecule has 8 nitrogen and oxygen atoms in total. The van der Waals surface area contributed by atoms with Crippen molar-refractivity contribution in [2.24, 2.45) is 0 Å². The van der Waals surface area contributed by atoms with Crippen LogP contribution >= 0.6 is 0 Å². The Hall–Kier alpha value is -2.84. The molecule has 0 aromatic heterocycles. The minimum absolute atomic E-state index is 0.0818. The Morgan fingerprint density at radius 3 is 2.56 bits per heavy atom. The predicted octanol–water partition coefficient (Wildman–Crippen LogP) is 1.58. The van der Waals surface area contributed by atoms with Crippen LogP contribution in [0.4, 0.5) is 16.2 Å². The number of anilines is 1. The number of benzene rings is 2. The molecule has 2 aromatic carbocycles. The number of quaternary nitrogens is 1. The van der Waals surface area contributed by atoms with Crippen molar-refractivity contribution < 1.29 is 24.2 Å². The van der Waals surface area contributed by atoms with E-state index in [2.05, 4.69) is 4.90 Å². The van der Waals surface area contributed by atoms with Crippen molar-refractivity contribution >= 4 is 34.1 Å². The zero-order chi connectivity index (χ0) is 17.3. The van der Waals surface area contributed by atoms with Gasteiger partial charge < -0.3 is 0 Å². The van der Waals surface area contributed by atoms with Crippen LogP contribution in [0.25, 0.3) is 10.8 Å². The Morgan fingerprint density at radius 2 is 1.88 bits per heavy atom. The number of nitrogens with zero attached hydrogens (tertiary/aromatic N) is 4. The van der Waals surface area contributed by atoms with Crippen molar-refractivity contribution in [1.29, 1.82) is 0 Å². The molecule has 0 radical (unpaired) electrons. The molecule has 2 aromatic rings. The fraction of sp³-hybridized carbons (Fsp3) is 0.294. The summed E-state index contributed by atoms with van der Waals surface area (Å²) < 4.78 is 0.183. The number of rotatable bonds is 2. The summed E-state index contributed by atoms with van der Waals surface area (Å²) >= 11 is 0. The van der Waals surface area contributed by atoms with Gasteiger partial charge in [0.05, 0.1) is 29.1 Å². The fourth-order valence-electron chi connectivity index (χ4n) is 4.49. The predicted molar refractivity (Wildman–Crippen MR) is 87.3 cm³/mol. The number of imide groups is 1. The molecule has 3 amide bonds. The Labute approximate surface area is 142 Å². The summed E-state index contributed by atoms with van der Waals surface area (Å²) in [5.74, 6) is -0.187. The second kappa shape index (κ2) is 4.62. The zero-order valence-corrected chi connectivity index (χ0v) is 13.3. The third-order valence-electron chi connectivity index (χ3n) is 5.70. The lowest BCUT2D eigenvalue weighted by atomic mass is 10.1. The highest BCUT2D eigenvalue weighted by Gasteiger charge is 2.68. The molecule has 8 heteroatoms. The molecule has 1 N–H and O–H groups in total. The van der Waals surface area contributed by atoms with Gasteiger partial charge in [-0.05, 0) is 12.1 Å². The van der Waals surface area contributed by atoms with Crippen molar-refractivity contribution in [2.75, 3.05) is 31.2 Å². The van der Waals surface area contributed by atoms with E-state index in [1.807, 2.05) is 0 Å². The number of hydrogen-bond acceptors (Lipinski definition) is 4. The summed E-state index contributed by atoms with van der Waals surface area (Å²) in [6.45, 7) is 2.69. The SMILES string of the molecule is O=C1C2C[N@]3CC[N+]2(C3)C(=O)N1c1ccc([N+](=O)O)c2ccccc12. The van der Waals surface area contributed by atoms with Crippen LogP contribution in [0, 0.1) is 4.91 Å². The number of carbonyl (C=O) groups is 2. The Morgan fingerprint density at radius 1 is 1.12 bits per heavy atom. The third kappa shape index (κ3) is 1.67. The van der Waals surface area contributed by atoms with Crippen LogP contribution in [-0.4, -0.2) is 63.8 Å². The maximum atomic E-state index is 13.2. The number of piperazine rings is 1. The van der Waals surface area contributed by atoms with E-state index in [1.165, 1.54) is 11.0 Å². The van der Waals surface area contributed by atoms with E-state index in [0.717, 1.165) is 6.54 Å². The molecule has 3 heterocycles. The van der Waals surface area contributed by atoms with Crippen molar-refractivity contribution in [3.8, 4) is 0 Å². The van der Waals surface area contributed by atoms with Gasteiger partial charge in [-0.15, -0.1) is 0 Å². The summed E-state index contributed by atoms with van der Waals surface area (Å²) in [6.07, 6.45) is 0. The van der Waals surface area contributed by atoms with E-state index in [-0.39, 0.29) is 33.1 Å². The highest BCUT2D eigenvalue weighted by atomic mass is 16.6. The molecular weight excluding hydrogens is 324 g/mol. The van der Waals surface area contributed by atoms with Crippen LogP contribution in [0.1, 0.15) is 0 Å². The van der Waals surface area contributed by atoms with E-state index in [1.54, 1.807) is 30.3 Å². The first-order chi connectivity index (χ1) is 12.0. The topological polar surface area (TPSA) is 80.9 Å². The van der Waals surface area contributed by atoms with Gasteiger partial charge in [0.2, 0.25) is 0 Å². The van der Waals surface area contributed by atoms with Gasteiger partial charge in [-0.3, -0.25) is 4.79 Å². The largest absolute Gasteiger partial charge is 0.432 e. The lowest BCUT2D eigenvalue weighted by molar-refractivity contribution is -0.837. The summed E-state index contributed by atoms with van der Waals surface area (Å²) in [5, 5.41) is 10.4. The van der Waals surface area contributed by atoms with Gasteiger partial charge in [-0.2, -0.15) is 4.90 Å². The number of urea groups is 1. The van der Waals surface area contributed by atoms with E-state index in [4.69, 9.17) is 0 Å². The molecule has 3 saturated heterocycles. The molecule has 3 fully saturated rings. The zero-order valence-electron chi connectivity index (χ0n) is 13.3. The minimum Gasteiger partial charge on any atom is -0.267 e. The van der Waals surface area contributed by atoms with E-state index in [9.17, 15) is 19.7 Å². The van der Waals surface area contributed by atoms with Gasteiger partial charge in [0.1, 0.15) is 13.2 Å². The molecule has 5 rings (SSSR count). The summed E-state index contributed by atoms with van der Waals surface area (Å²) in [4.78, 5) is 40.8. The maximum Gasteiger partial charge on any atom is 0.432 e. The quantitative estimate of drug-likeness (QED) is 0.510. The van der Waals surface area contributed by atoms with E-state index >= 15 is 0 Å². The minimum atomic E-state index is -0.339. The first kappa shape index (κ1) is 14.5. The number of amides is 3. The molecule has 1 spiro atoms. The average Bonchev–Trinajstić information content (AvgIpc) is 3.26. The maximum absolute atomic E-state index is 13.2. The molecule has 126 valence electrons. The van der Waals surface area contributed by atoms with Crippen molar-refractivity contribution in [1.82, 2.24) is 4.90 Å². The smallest absolute Gasteiger partial charge is 0.267 e. The molecular formula is C17H16N4O4+2. The fourth-order valence-corrected chi connectivity index (χ4v) is 4.49. The lowest BCUT2D eigenvalue weighted by Crippen LogP contribution is -2.53.